The molecule has 0 aliphatic rings. The molecule has 1 atom stereocenters. The average molecular weight is 291 g/mol. The molecule has 1 unspecified atom stereocenters. The Morgan fingerprint density at radius 3 is 2.81 bits per heavy atom. The topological polar surface area (TPSA) is 84.1 Å². The van der Waals surface area contributed by atoms with E-state index in [1.807, 2.05) is 13.8 Å². The van der Waals surface area contributed by atoms with Crippen molar-refractivity contribution in [3.8, 4) is 11.8 Å². The van der Waals surface area contributed by atoms with Crippen LogP contribution in [0.25, 0.3) is 0 Å². The highest BCUT2D eigenvalue weighted by molar-refractivity contribution is 5.77. The van der Waals surface area contributed by atoms with E-state index in [0.717, 1.165) is 0 Å². The lowest BCUT2D eigenvalue weighted by molar-refractivity contribution is -0.123. The summed E-state index contributed by atoms with van der Waals surface area (Å²) in [5.74, 6) is -0.0612. The van der Waals surface area contributed by atoms with Gasteiger partial charge in [0.15, 0.2) is 12.4 Å². The molecule has 0 aliphatic carbocycles. The van der Waals surface area contributed by atoms with Gasteiger partial charge in [0, 0.05) is 19.3 Å². The van der Waals surface area contributed by atoms with Crippen molar-refractivity contribution in [2.45, 2.75) is 27.3 Å². The van der Waals surface area contributed by atoms with Gasteiger partial charge in [0.05, 0.1) is 12.0 Å². The summed E-state index contributed by atoms with van der Waals surface area (Å²) in [6.07, 6.45) is 1.60. The zero-order chi connectivity index (χ0) is 15.8. The van der Waals surface area contributed by atoms with Crippen LogP contribution < -0.4 is 15.6 Å². The number of nitriles is 1. The molecular weight excluding hydrogens is 270 g/mol. The van der Waals surface area contributed by atoms with Crippen molar-refractivity contribution >= 4 is 5.91 Å². The number of pyridine rings is 1. The number of aromatic nitrogens is 1. The molecule has 0 spiro atoms. The fourth-order valence-corrected chi connectivity index (χ4v) is 1.62. The Morgan fingerprint density at radius 2 is 2.19 bits per heavy atom. The van der Waals surface area contributed by atoms with Gasteiger partial charge < -0.3 is 14.6 Å². The Kier molecular flexibility index (Phi) is 6.47. The van der Waals surface area contributed by atoms with Crippen LogP contribution in [0.4, 0.5) is 0 Å². The first-order valence-corrected chi connectivity index (χ1v) is 6.92. The number of nitrogens with zero attached hydrogens (tertiary/aromatic N) is 2. The molecule has 0 bridgehead atoms. The Balaban J connectivity index is 2.64. The SMILES string of the molecule is CC(C)CNC(=O)COc1cccn(CC(C)C#N)c1=O. The number of carbonyl (C=O) groups is 1. The smallest absolute Gasteiger partial charge is 0.292 e. The summed E-state index contributed by atoms with van der Waals surface area (Å²) in [6.45, 7) is 6.40. The second-order valence-corrected chi connectivity index (χ2v) is 5.35. The van der Waals surface area contributed by atoms with Gasteiger partial charge in [-0.2, -0.15) is 5.26 Å². The molecule has 1 N–H and O–H groups in total. The van der Waals surface area contributed by atoms with Gasteiger partial charge in [0.2, 0.25) is 0 Å². The fourth-order valence-electron chi connectivity index (χ4n) is 1.62. The lowest BCUT2D eigenvalue weighted by Crippen LogP contribution is -2.33. The van der Waals surface area contributed by atoms with E-state index >= 15 is 0 Å². The minimum Gasteiger partial charge on any atom is -0.478 e. The van der Waals surface area contributed by atoms with Gasteiger partial charge in [-0.05, 0) is 25.0 Å². The second kappa shape index (κ2) is 8.10. The first-order valence-electron chi connectivity index (χ1n) is 6.92. The number of carbonyl (C=O) groups excluding carboxylic acids is 1. The van der Waals surface area contributed by atoms with E-state index in [0.29, 0.717) is 19.0 Å². The minimum atomic E-state index is -0.337. The number of rotatable bonds is 7. The van der Waals surface area contributed by atoms with Crippen LogP contribution in [-0.2, 0) is 11.3 Å². The van der Waals surface area contributed by atoms with Crippen molar-refractivity contribution in [2.24, 2.45) is 11.8 Å². The molecule has 0 aromatic carbocycles. The molecule has 1 aromatic heterocycles. The molecule has 0 saturated carbocycles. The predicted octanol–water partition coefficient (Wildman–Crippen LogP) is 1.16. The van der Waals surface area contributed by atoms with Crippen molar-refractivity contribution in [1.29, 1.82) is 5.26 Å². The van der Waals surface area contributed by atoms with E-state index < -0.39 is 0 Å². The fraction of sp³-hybridized carbons (Fsp3) is 0.533. The van der Waals surface area contributed by atoms with E-state index in [1.54, 1.807) is 19.2 Å². The Bertz CT molecular complexity index is 572. The van der Waals surface area contributed by atoms with Crippen molar-refractivity contribution in [2.75, 3.05) is 13.2 Å². The number of ether oxygens (including phenoxy) is 1. The molecule has 0 saturated heterocycles. The largest absolute Gasteiger partial charge is 0.478 e. The Hall–Kier alpha value is -2.29. The van der Waals surface area contributed by atoms with Crippen LogP contribution in [-0.4, -0.2) is 23.6 Å². The van der Waals surface area contributed by atoms with Crippen molar-refractivity contribution in [1.82, 2.24) is 9.88 Å². The maximum atomic E-state index is 12.1. The summed E-state index contributed by atoms with van der Waals surface area (Å²) in [5, 5.41) is 11.5. The van der Waals surface area contributed by atoms with Crippen molar-refractivity contribution < 1.29 is 9.53 Å². The van der Waals surface area contributed by atoms with Gasteiger partial charge in [0.1, 0.15) is 0 Å². The minimum absolute atomic E-state index is 0.113. The summed E-state index contributed by atoms with van der Waals surface area (Å²) >= 11 is 0. The molecule has 1 heterocycles. The molecule has 1 rings (SSSR count). The lowest BCUT2D eigenvalue weighted by Gasteiger charge is -2.11. The molecular formula is C15H21N3O3. The van der Waals surface area contributed by atoms with Crippen molar-refractivity contribution in [3.05, 3.63) is 28.7 Å². The highest BCUT2D eigenvalue weighted by Crippen LogP contribution is 2.04. The monoisotopic (exact) mass is 291 g/mol. The number of amides is 1. The van der Waals surface area contributed by atoms with Crippen LogP contribution >= 0.6 is 0 Å². The maximum absolute atomic E-state index is 12.1. The quantitative estimate of drug-likeness (QED) is 0.817. The Morgan fingerprint density at radius 1 is 1.48 bits per heavy atom. The third kappa shape index (κ3) is 5.69. The normalized spacial score (nSPS) is 11.8. The van der Waals surface area contributed by atoms with E-state index in [2.05, 4.69) is 11.4 Å². The summed E-state index contributed by atoms with van der Waals surface area (Å²) in [4.78, 5) is 23.6. The number of hydrogen-bond acceptors (Lipinski definition) is 4. The van der Waals surface area contributed by atoms with E-state index in [1.165, 1.54) is 10.6 Å². The van der Waals surface area contributed by atoms with Crippen LogP contribution in [0.3, 0.4) is 0 Å². The molecule has 0 radical (unpaired) electrons. The molecule has 6 nitrogen and oxygen atoms in total. The van der Waals surface area contributed by atoms with Gasteiger partial charge in [-0.25, -0.2) is 0 Å². The lowest BCUT2D eigenvalue weighted by atomic mass is 10.2. The zero-order valence-electron chi connectivity index (χ0n) is 12.6. The molecule has 6 heteroatoms. The summed E-state index contributed by atoms with van der Waals surface area (Å²) in [5.41, 5.74) is -0.337. The zero-order valence-corrected chi connectivity index (χ0v) is 12.6. The predicted molar refractivity (Wildman–Crippen MR) is 78.8 cm³/mol. The second-order valence-electron chi connectivity index (χ2n) is 5.35. The highest BCUT2D eigenvalue weighted by atomic mass is 16.5. The Labute approximate surface area is 124 Å². The number of nitrogens with one attached hydrogen (secondary N) is 1. The number of hydrogen-bond donors (Lipinski definition) is 1. The molecule has 114 valence electrons. The maximum Gasteiger partial charge on any atom is 0.292 e. The molecule has 0 fully saturated rings. The van der Waals surface area contributed by atoms with Gasteiger partial charge in [0.25, 0.3) is 11.5 Å². The van der Waals surface area contributed by atoms with Gasteiger partial charge in [-0.15, -0.1) is 0 Å². The van der Waals surface area contributed by atoms with E-state index in [4.69, 9.17) is 10.00 Å². The van der Waals surface area contributed by atoms with Crippen LogP contribution in [0, 0.1) is 23.2 Å². The summed E-state index contributed by atoms with van der Waals surface area (Å²) in [7, 11) is 0. The highest BCUT2D eigenvalue weighted by Gasteiger charge is 2.09. The third-order valence-corrected chi connectivity index (χ3v) is 2.74. The summed E-state index contributed by atoms with van der Waals surface area (Å²) < 4.78 is 6.67. The van der Waals surface area contributed by atoms with E-state index in [-0.39, 0.29) is 29.7 Å². The van der Waals surface area contributed by atoms with Crippen LogP contribution in [0.15, 0.2) is 23.1 Å². The first kappa shape index (κ1) is 16.8. The van der Waals surface area contributed by atoms with Crippen molar-refractivity contribution in [3.63, 3.8) is 0 Å². The van der Waals surface area contributed by atoms with Crippen LogP contribution in [0.5, 0.6) is 5.75 Å². The summed E-state index contributed by atoms with van der Waals surface area (Å²) in [6, 6.07) is 5.25. The van der Waals surface area contributed by atoms with Crippen LogP contribution in [0.2, 0.25) is 0 Å². The average Bonchev–Trinajstić information content (AvgIpc) is 2.45. The molecule has 0 aliphatic heterocycles. The third-order valence-electron chi connectivity index (χ3n) is 2.74. The van der Waals surface area contributed by atoms with Gasteiger partial charge in [-0.1, -0.05) is 13.8 Å². The van der Waals surface area contributed by atoms with E-state index in [9.17, 15) is 9.59 Å². The van der Waals surface area contributed by atoms with Gasteiger partial charge in [-0.3, -0.25) is 9.59 Å². The molecule has 21 heavy (non-hydrogen) atoms. The molecule has 1 amide bonds. The molecule has 1 aromatic rings. The standard InChI is InChI=1S/C15H21N3O3/c1-11(2)8-17-14(19)10-21-13-5-4-6-18(15(13)20)9-12(3)7-16/h4-6,11-12H,8-10H2,1-3H3,(H,17,19). The van der Waals surface area contributed by atoms with Crippen LogP contribution in [0.1, 0.15) is 20.8 Å². The van der Waals surface area contributed by atoms with Gasteiger partial charge >= 0.3 is 0 Å². The first-order chi connectivity index (χ1) is 9.93.